The molecular formula is C15H24N2O. The Morgan fingerprint density at radius 2 is 2.22 bits per heavy atom. The van der Waals surface area contributed by atoms with E-state index >= 15 is 0 Å². The maximum atomic E-state index is 5.24. The Morgan fingerprint density at radius 1 is 1.44 bits per heavy atom. The van der Waals surface area contributed by atoms with Crippen LogP contribution in [-0.2, 0) is 0 Å². The highest BCUT2D eigenvalue weighted by atomic mass is 16.5. The summed E-state index contributed by atoms with van der Waals surface area (Å²) >= 11 is 0. The first-order valence-corrected chi connectivity index (χ1v) is 6.39. The molecule has 0 saturated carbocycles. The molecule has 100 valence electrons. The predicted molar refractivity (Wildman–Crippen MR) is 78.4 cm³/mol. The summed E-state index contributed by atoms with van der Waals surface area (Å²) in [5.74, 6) is 0.880. The molecule has 1 unspecified atom stereocenters. The van der Waals surface area contributed by atoms with Gasteiger partial charge in [-0.05, 0) is 46.0 Å². The molecule has 1 atom stereocenters. The van der Waals surface area contributed by atoms with Crippen LogP contribution >= 0.6 is 0 Å². The van der Waals surface area contributed by atoms with Gasteiger partial charge in [-0.25, -0.2) is 0 Å². The van der Waals surface area contributed by atoms with E-state index in [1.807, 2.05) is 25.2 Å². The Morgan fingerprint density at radius 3 is 2.83 bits per heavy atom. The van der Waals surface area contributed by atoms with Crippen molar-refractivity contribution in [3.63, 3.8) is 0 Å². The fourth-order valence-corrected chi connectivity index (χ4v) is 1.82. The Hall–Kier alpha value is -1.48. The molecule has 1 aromatic rings. The number of ether oxygens (including phenoxy) is 1. The zero-order valence-corrected chi connectivity index (χ0v) is 11.8. The van der Waals surface area contributed by atoms with Crippen LogP contribution in [0.15, 0.2) is 35.9 Å². The summed E-state index contributed by atoms with van der Waals surface area (Å²) in [5.41, 5.74) is 2.45. The summed E-state index contributed by atoms with van der Waals surface area (Å²) in [6.07, 6.45) is 3.22. The molecule has 18 heavy (non-hydrogen) atoms. The highest BCUT2D eigenvalue weighted by Gasteiger charge is 2.09. The van der Waals surface area contributed by atoms with E-state index in [9.17, 15) is 0 Å². The summed E-state index contributed by atoms with van der Waals surface area (Å²) in [5, 5.41) is 6.74. The summed E-state index contributed by atoms with van der Waals surface area (Å²) in [7, 11) is 3.67. The molecule has 0 spiro atoms. The van der Waals surface area contributed by atoms with E-state index in [0.717, 1.165) is 24.4 Å². The third-order valence-corrected chi connectivity index (χ3v) is 3.10. The first-order chi connectivity index (χ1) is 8.71. The zero-order chi connectivity index (χ0) is 13.4. The normalized spacial score (nSPS) is 13.2. The molecule has 0 amide bonds. The second-order valence-corrected chi connectivity index (χ2v) is 4.35. The largest absolute Gasteiger partial charge is 0.497 e. The van der Waals surface area contributed by atoms with Gasteiger partial charge in [0.1, 0.15) is 5.75 Å². The first kappa shape index (κ1) is 14.6. The van der Waals surface area contributed by atoms with E-state index in [-0.39, 0.29) is 0 Å². The molecule has 0 radical (unpaired) electrons. The van der Waals surface area contributed by atoms with Crippen LogP contribution < -0.4 is 15.4 Å². The molecule has 3 nitrogen and oxygen atoms in total. The van der Waals surface area contributed by atoms with Gasteiger partial charge >= 0.3 is 0 Å². The molecule has 1 aromatic carbocycles. The minimum Gasteiger partial charge on any atom is -0.497 e. The van der Waals surface area contributed by atoms with Gasteiger partial charge in [0.25, 0.3) is 0 Å². The molecule has 0 aliphatic heterocycles. The van der Waals surface area contributed by atoms with E-state index in [1.165, 1.54) is 5.57 Å². The smallest absolute Gasteiger partial charge is 0.120 e. The van der Waals surface area contributed by atoms with Crippen molar-refractivity contribution in [2.45, 2.75) is 26.3 Å². The van der Waals surface area contributed by atoms with E-state index in [1.54, 1.807) is 7.11 Å². The second-order valence-electron chi connectivity index (χ2n) is 4.35. The van der Waals surface area contributed by atoms with Gasteiger partial charge in [0.15, 0.2) is 0 Å². The number of rotatable bonds is 7. The summed E-state index contributed by atoms with van der Waals surface area (Å²) < 4.78 is 5.24. The summed E-state index contributed by atoms with van der Waals surface area (Å²) in [6, 6.07) is 8.40. The number of allylic oxidation sites excluding steroid dienone is 1. The van der Waals surface area contributed by atoms with Crippen LogP contribution in [-0.4, -0.2) is 26.7 Å². The molecule has 1 rings (SSSR count). The monoisotopic (exact) mass is 248 g/mol. The van der Waals surface area contributed by atoms with E-state index in [2.05, 4.69) is 36.6 Å². The van der Waals surface area contributed by atoms with Gasteiger partial charge in [-0.15, -0.1) is 0 Å². The number of anilines is 1. The van der Waals surface area contributed by atoms with Gasteiger partial charge in [-0.3, -0.25) is 0 Å². The molecule has 0 heterocycles. The minimum atomic E-state index is 0.356. The number of nitrogens with one attached hydrogen (secondary N) is 2. The lowest BCUT2D eigenvalue weighted by molar-refractivity contribution is 0.415. The molecule has 0 bridgehead atoms. The van der Waals surface area contributed by atoms with Crippen molar-refractivity contribution >= 4 is 5.69 Å². The molecule has 0 aliphatic carbocycles. The lowest BCUT2D eigenvalue weighted by atomic mass is 10.0. The lowest BCUT2D eigenvalue weighted by Crippen LogP contribution is -2.25. The van der Waals surface area contributed by atoms with Crippen molar-refractivity contribution in [3.8, 4) is 5.75 Å². The maximum absolute atomic E-state index is 5.24. The molecule has 0 saturated heterocycles. The van der Waals surface area contributed by atoms with Crippen molar-refractivity contribution in [1.29, 1.82) is 0 Å². The van der Waals surface area contributed by atoms with Crippen LogP contribution in [0.5, 0.6) is 5.75 Å². The van der Waals surface area contributed by atoms with Crippen LogP contribution in [0, 0.1) is 0 Å². The number of benzene rings is 1. The van der Waals surface area contributed by atoms with Crippen molar-refractivity contribution < 1.29 is 4.74 Å². The lowest BCUT2D eigenvalue weighted by Gasteiger charge is -2.21. The number of methoxy groups -OCH3 is 1. The predicted octanol–water partition coefficient (Wildman–Crippen LogP) is 3.05. The zero-order valence-electron chi connectivity index (χ0n) is 11.8. The van der Waals surface area contributed by atoms with Crippen LogP contribution in [0.4, 0.5) is 5.69 Å². The van der Waals surface area contributed by atoms with Gasteiger partial charge in [0.2, 0.25) is 0 Å². The highest BCUT2D eigenvalue weighted by molar-refractivity contribution is 5.50. The third-order valence-electron chi connectivity index (χ3n) is 3.10. The van der Waals surface area contributed by atoms with Crippen molar-refractivity contribution in [2.24, 2.45) is 0 Å². The van der Waals surface area contributed by atoms with E-state index in [4.69, 9.17) is 4.74 Å². The van der Waals surface area contributed by atoms with Crippen molar-refractivity contribution in [2.75, 3.05) is 26.0 Å². The van der Waals surface area contributed by atoms with Crippen molar-refractivity contribution in [1.82, 2.24) is 5.32 Å². The molecule has 0 fully saturated rings. The maximum Gasteiger partial charge on any atom is 0.120 e. The van der Waals surface area contributed by atoms with Crippen LogP contribution in [0.1, 0.15) is 20.3 Å². The fourth-order valence-electron chi connectivity index (χ4n) is 1.82. The summed E-state index contributed by atoms with van der Waals surface area (Å²) in [6.45, 7) is 5.23. The highest BCUT2D eigenvalue weighted by Crippen LogP contribution is 2.20. The Labute approximate surface area is 110 Å². The third kappa shape index (κ3) is 4.41. The standard InChI is InChI=1S/C15H24N2O/c1-5-12(2)15(9-10-16-3)17-13-7-6-8-14(11-13)18-4/h5-8,11,15-17H,9-10H2,1-4H3/b12-5+. The van der Waals surface area contributed by atoms with E-state index in [0.29, 0.717) is 6.04 Å². The second kappa shape index (κ2) is 7.77. The van der Waals surface area contributed by atoms with Crippen LogP contribution in [0.25, 0.3) is 0 Å². The summed E-state index contributed by atoms with van der Waals surface area (Å²) in [4.78, 5) is 0. The fraction of sp³-hybridized carbons (Fsp3) is 0.467. The molecular weight excluding hydrogens is 224 g/mol. The van der Waals surface area contributed by atoms with Gasteiger partial charge in [-0.1, -0.05) is 17.7 Å². The van der Waals surface area contributed by atoms with E-state index < -0.39 is 0 Å². The number of hydrogen-bond donors (Lipinski definition) is 2. The molecule has 3 heteroatoms. The Balaban J connectivity index is 2.75. The minimum absolute atomic E-state index is 0.356. The van der Waals surface area contributed by atoms with Gasteiger partial charge in [0, 0.05) is 17.8 Å². The molecule has 0 aliphatic rings. The van der Waals surface area contributed by atoms with Crippen LogP contribution in [0.2, 0.25) is 0 Å². The van der Waals surface area contributed by atoms with Gasteiger partial charge < -0.3 is 15.4 Å². The molecule has 2 N–H and O–H groups in total. The van der Waals surface area contributed by atoms with Gasteiger partial charge in [-0.2, -0.15) is 0 Å². The quantitative estimate of drug-likeness (QED) is 0.728. The van der Waals surface area contributed by atoms with Crippen LogP contribution in [0.3, 0.4) is 0 Å². The van der Waals surface area contributed by atoms with Crippen molar-refractivity contribution in [3.05, 3.63) is 35.9 Å². The SMILES string of the molecule is C/C=C(\C)C(CCNC)Nc1cccc(OC)c1. The Bertz CT molecular complexity index is 388. The first-order valence-electron chi connectivity index (χ1n) is 6.39. The average Bonchev–Trinajstić information content (AvgIpc) is 2.42. The number of hydrogen-bond acceptors (Lipinski definition) is 3. The molecule has 0 aromatic heterocycles. The van der Waals surface area contributed by atoms with Gasteiger partial charge in [0.05, 0.1) is 7.11 Å². The topological polar surface area (TPSA) is 33.3 Å². The Kier molecular flexibility index (Phi) is 6.29. The average molecular weight is 248 g/mol.